The summed E-state index contributed by atoms with van der Waals surface area (Å²) in [4.78, 5) is 42.1. The van der Waals surface area contributed by atoms with E-state index in [1.54, 1.807) is 55.5 Å². The van der Waals surface area contributed by atoms with Crippen molar-refractivity contribution in [3.05, 3.63) is 18.1 Å². The Morgan fingerprint density at radius 2 is 1.84 bits per heavy atom. The van der Waals surface area contributed by atoms with Gasteiger partial charge in [0.05, 0.1) is 23.4 Å². The second-order valence-corrected chi connectivity index (χ2v) is 10.4. The SMILES string of the molecule is Bc1cc([C@]2(C#N)O[C@H](COC(=O)C(C)C)[C@@H](OC(=O)C(C)C)[C@H]2CC(=O)C(C)C)n2ncnc(N)c12. The van der Waals surface area contributed by atoms with Crippen molar-refractivity contribution in [3.63, 3.8) is 0 Å². The molecule has 0 unspecified atom stereocenters. The third-order valence-corrected chi connectivity index (χ3v) is 6.59. The van der Waals surface area contributed by atoms with E-state index in [9.17, 15) is 19.6 Å². The van der Waals surface area contributed by atoms with Crippen LogP contribution in [0.25, 0.3) is 5.52 Å². The number of ether oxygens (including phenoxy) is 3. The van der Waals surface area contributed by atoms with Crippen LogP contribution in [0, 0.1) is 35.0 Å². The first-order valence-electron chi connectivity index (χ1n) is 12.4. The molecule has 4 atom stereocenters. The summed E-state index contributed by atoms with van der Waals surface area (Å²) in [5.41, 5.74) is 5.85. The first-order valence-corrected chi connectivity index (χ1v) is 12.4. The Morgan fingerprint density at radius 1 is 1.19 bits per heavy atom. The number of nitriles is 1. The lowest BCUT2D eigenvalue weighted by molar-refractivity contribution is -0.163. The average molecular weight is 511 g/mol. The van der Waals surface area contributed by atoms with Gasteiger partial charge in [-0.05, 0) is 6.07 Å². The van der Waals surface area contributed by atoms with Crippen LogP contribution in [-0.4, -0.2) is 59.0 Å². The lowest BCUT2D eigenvalue weighted by Crippen LogP contribution is -2.41. The molecule has 198 valence electrons. The van der Waals surface area contributed by atoms with E-state index in [-0.39, 0.29) is 30.5 Å². The number of rotatable bonds is 9. The maximum atomic E-state index is 13.0. The predicted molar refractivity (Wildman–Crippen MR) is 136 cm³/mol. The zero-order valence-electron chi connectivity index (χ0n) is 22.3. The third-order valence-electron chi connectivity index (χ3n) is 6.59. The van der Waals surface area contributed by atoms with Crippen LogP contribution in [0.1, 0.15) is 53.7 Å². The molecule has 1 saturated heterocycles. The minimum absolute atomic E-state index is 0.108. The molecular formula is C25H34BN5O6. The fraction of sp³-hybridized carbons (Fsp3) is 0.600. The zero-order chi connectivity index (χ0) is 27.7. The van der Waals surface area contributed by atoms with Gasteiger partial charge in [0.1, 0.15) is 50.4 Å². The Kier molecular flexibility index (Phi) is 8.27. The van der Waals surface area contributed by atoms with Crippen LogP contribution >= 0.6 is 0 Å². The normalized spacial score (nSPS) is 23.5. The monoisotopic (exact) mass is 511 g/mol. The Labute approximate surface area is 217 Å². The first-order chi connectivity index (χ1) is 17.3. The number of ketones is 1. The van der Waals surface area contributed by atoms with Crippen LogP contribution in [0.4, 0.5) is 5.82 Å². The molecular weight excluding hydrogens is 477 g/mol. The Hall–Kier alpha value is -3.46. The highest BCUT2D eigenvalue weighted by atomic mass is 16.6. The van der Waals surface area contributed by atoms with Crippen molar-refractivity contribution in [2.75, 3.05) is 12.3 Å². The molecule has 1 aliphatic rings. The van der Waals surface area contributed by atoms with Gasteiger partial charge in [0.15, 0.2) is 5.82 Å². The second kappa shape index (κ2) is 10.9. The number of carbonyl (C=O) groups excluding carboxylic acids is 3. The molecule has 0 bridgehead atoms. The number of aromatic nitrogens is 3. The summed E-state index contributed by atoms with van der Waals surface area (Å²) in [5.74, 6) is -3.02. The first kappa shape index (κ1) is 28.1. The van der Waals surface area contributed by atoms with Gasteiger partial charge in [-0.2, -0.15) is 10.4 Å². The summed E-state index contributed by atoms with van der Waals surface area (Å²) in [7, 11) is 1.80. The van der Waals surface area contributed by atoms with Gasteiger partial charge in [-0.3, -0.25) is 14.4 Å². The summed E-state index contributed by atoms with van der Waals surface area (Å²) >= 11 is 0. The fourth-order valence-electron chi connectivity index (χ4n) is 4.42. The highest BCUT2D eigenvalue weighted by Gasteiger charge is 2.60. The topological polar surface area (TPSA) is 159 Å². The molecule has 0 amide bonds. The Balaban J connectivity index is 2.20. The zero-order valence-corrected chi connectivity index (χ0v) is 22.3. The number of nitrogen functional groups attached to an aromatic ring is 1. The van der Waals surface area contributed by atoms with Crippen molar-refractivity contribution < 1.29 is 28.6 Å². The van der Waals surface area contributed by atoms with Crippen LogP contribution < -0.4 is 11.2 Å². The number of anilines is 1. The number of carbonyl (C=O) groups is 3. The maximum Gasteiger partial charge on any atom is 0.308 e. The number of Topliss-reactive ketones (excluding diaryl/α,β-unsaturated/α-hetero) is 1. The molecule has 0 radical (unpaired) electrons. The number of fused-ring (bicyclic) bond motifs is 1. The summed E-state index contributed by atoms with van der Waals surface area (Å²) in [5, 5.41) is 15.0. The van der Waals surface area contributed by atoms with Crippen molar-refractivity contribution >= 4 is 42.4 Å². The summed E-state index contributed by atoms with van der Waals surface area (Å²) in [6.07, 6.45) is -0.886. The van der Waals surface area contributed by atoms with E-state index in [2.05, 4.69) is 16.2 Å². The van der Waals surface area contributed by atoms with Gasteiger partial charge in [-0.25, -0.2) is 9.50 Å². The maximum absolute atomic E-state index is 13.0. The van der Waals surface area contributed by atoms with E-state index in [4.69, 9.17) is 19.9 Å². The van der Waals surface area contributed by atoms with Gasteiger partial charge in [-0.1, -0.05) is 47.0 Å². The van der Waals surface area contributed by atoms with E-state index in [0.29, 0.717) is 16.7 Å². The Bertz CT molecular complexity index is 1240. The van der Waals surface area contributed by atoms with Crippen LogP contribution in [-0.2, 0) is 34.2 Å². The molecule has 3 rings (SSSR count). The van der Waals surface area contributed by atoms with Crippen LogP contribution in [0.2, 0.25) is 0 Å². The molecule has 1 fully saturated rings. The van der Waals surface area contributed by atoms with E-state index in [1.807, 2.05) is 0 Å². The largest absolute Gasteiger partial charge is 0.463 e. The van der Waals surface area contributed by atoms with E-state index in [1.165, 1.54) is 10.8 Å². The van der Waals surface area contributed by atoms with Crippen molar-refractivity contribution in [3.8, 4) is 6.07 Å². The summed E-state index contributed by atoms with van der Waals surface area (Å²) < 4.78 is 19.2. The van der Waals surface area contributed by atoms with E-state index >= 15 is 0 Å². The third kappa shape index (κ3) is 5.32. The standard InChI is InChI=1S/C25H34BN5O6/c1-12(2)17(32)7-15-21(36-24(34)14(5)6)18(9-35-23(33)13(3)4)37-25(15,10-27)19-8-16(26)20-22(28)29-11-30-31(19)20/h8,11-15,18,21H,7,9,26H2,1-6H3,(H2,28,29,30)/t15-,18-,21+,25-/m1/s1. The van der Waals surface area contributed by atoms with Crippen molar-refractivity contribution in [2.45, 2.75) is 65.8 Å². The molecule has 3 heterocycles. The van der Waals surface area contributed by atoms with Crippen molar-refractivity contribution in [1.29, 1.82) is 5.26 Å². The second-order valence-electron chi connectivity index (χ2n) is 10.4. The smallest absolute Gasteiger partial charge is 0.308 e. The van der Waals surface area contributed by atoms with Crippen molar-refractivity contribution in [2.24, 2.45) is 23.7 Å². The minimum Gasteiger partial charge on any atom is -0.463 e. The summed E-state index contributed by atoms with van der Waals surface area (Å²) in [6, 6.07) is 3.97. The van der Waals surface area contributed by atoms with Crippen LogP contribution in [0.5, 0.6) is 0 Å². The number of esters is 2. The fourth-order valence-corrected chi connectivity index (χ4v) is 4.42. The summed E-state index contributed by atoms with van der Waals surface area (Å²) in [6.45, 7) is 10.0. The molecule has 2 aromatic heterocycles. The predicted octanol–water partition coefficient (Wildman–Crippen LogP) is 0.686. The molecule has 0 saturated carbocycles. The molecule has 0 aliphatic carbocycles. The van der Waals surface area contributed by atoms with E-state index < -0.39 is 47.5 Å². The van der Waals surface area contributed by atoms with Crippen LogP contribution in [0.15, 0.2) is 12.4 Å². The molecule has 0 spiro atoms. The minimum atomic E-state index is -1.76. The van der Waals surface area contributed by atoms with Gasteiger partial charge < -0.3 is 19.9 Å². The van der Waals surface area contributed by atoms with Gasteiger partial charge in [0, 0.05) is 12.3 Å². The quantitative estimate of drug-likeness (QED) is 0.375. The Morgan fingerprint density at radius 3 is 2.41 bits per heavy atom. The molecule has 37 heavy (non-hydrogen) atoms. The number of hydrogen-bond acceptors (Lipinski definition) is 10. The van der Waals surface area contributed by atoms with Gasteiger partial charge in [0.25, 0.3) is 0 Å². The number of nitrogens with two attached hydrogens (primary N) is 1. The highest BCUT2D eigenvalue weighted by Crippen LogP contribution is 2.48. The average Bonchev–Trinajstić information content (AvgIpc) is 3.33. The van der Waals surface area contributed by atoms with Gasteiger partial charge in [0.2, 0.25) is 5.60 Å². The molecule has 2 N–H and O–H groups in total. The van der Waals surface area contributed by atoms with Crippen molar-refractivity contribution in [1.82, 2.24) is 14.6 Å². The molecule has 1 aliphatic heterocycles. The molecule has 0 aromatic carbocycles. The van der Waals surface area contributed by atoms with E-state index in [0.717, 1.165) is 0 Å². The number of hydrogen-bond donors (Lipinski definition) is 1. The highest BCUT2D eigenvalue weighted by molar-refractivity contribution is 6.37. The lowest BCUT2D eigenvalue weighted by Gasteiger charge is -2.29. The van der Waals surface area contributed by atoms with Gasteiger partial charge >= 0.3 is 11.9 Å². The lowest BCUT2D eigenvalue weighted by atomic mass is 9.78. The molecule has 2 aromatic rings. The number of nitrogens with zero attached hydrogens (tertiary/aromatic N) is 4. The van der Waals surface area contributed by atoms with Crippen LogP contribution in [0.3, 0.4) is 0 Å². The molecule has 12 heteroatoms. The van der Waals surface area contributed by atoms with Gasteiger partial charge in [-0.15, -0.1) is 0 Å². The molecule has 11 nitrogen and oxygen atoms in total.